The fourth-order valence-electron chi connectivity index (χ4n) is 2.92. The van der Waals surface area contributed by atoms with Gasteiger partial charge in [-0.1, -0.05) is 0 Å². The maximum atomic E-state index is 13.0. The Morgan fingerprint density at radius 1 is 1.17 bits per heavy atom. The molecule has 1 aromatic carbocycles. The summed E-state index contributed by atoms with van der Waals surface area (Å²) >= 11 is 2.26. The summed E-state index contributed by atoms with van der Waals surface area (Å²) < 4.78 is 15.9. The van der Waals surface area contributed by atoms with Crippen LogP contribution < -0.4 is 4.90 Å². The van der Waals surface area contributed by atoms with Crippen molar-refractivity contribution in [1.29, 1.82) is 0 Å². The number of anilines is 1. The molecule has 0 atom stereocenters. The molecule has 0 radical (unpaired) electrons. The minimum atomic E-state index is -0.230. The molecule has 2 heterocycles. The number of piperazine rings is 1. The first-order valence-electron chi connectivity index (χ1n) is 7.93. The molecule has 7 heteroatoms. The van der Waals surface area contributed by atoms with Crippen molar-refractivity contribution >= 4 is 34.2 Å². The zero-order valence-electron chi connectivity index (χ0n) is 13.8. The van der Waals surface area contributed by atoms with Crippen molar-refractivity contribution in [2.45, 2.75) is 20.4 Å². The van der Waals surface area contributed by atoms with Gasteiger partial charge in [-0.15, -0.1) is 0 Å². The Hall–Kier alpha value is -1.64. The Balaban J connectivity index is 1.59. The van der Waals surface area contributed by atoms with Crippen LogP contribution in [-0.2, 0) is 11.3 Å². The van der Waals surface area contributed by atoms with Gasteiger partial charge in [-0.2, -0.15) is 5.10 Å². The predicted molar refractivity (Wildman–Crippen MR) is 99.6 cm³/mol. The van der Waals surface area contributed by atoms with Crippen molar-refractivity contribution in [2.75, 3.05) is 31.1 Å². The van der Waals surface area contributed by atoms with E-state index in [9.17, 15) is 9.18 Å². The van der Waals surface area contributed by atoms with Crippen molar-refractivity contribution in [3.63, 3.8) is 0 Å². The highest BCUT2D eigenvalue weighted by Crippen LogP contribution is 2.18. The largest absolute Gasteiger partial charge is 0.368 e. The zero-order chi connectivity index (χ0) is 17.3. The summed E-state index contributed by atoms with van der Waals surface area (Å²) in [6.45, 7) is 7.09. The topological polar surface area (TPSA) is 41.4 Å². The first kappa shape index (κ1) is 17.2. The second kappa shape index (κ2) is 7.08. The summed E-state index contributed by atoms with van der Waals surface area (Å²) in [5.41, 5.74) is 2.99. The number of hydrogen-bond donors (Lipinski definition) is 0. The number of benzene rings is 1. The molecule has 0 aliphatic carbocycles. The molecule has 0 N–H and O–H groups in total. The highest BCUT2D eigenvalue weighted by Gasteiger charge is 2.22. The molecule has 0 bridgehead atoms. The fraction of sp³-hybridized carbons (Fsp3) is 0.412. The standard InChI is InChI=1S/C17H20FIN4O/c1-12-17(19)13(2)23(20-12)11-16(24)22-9-7-21(8-10-22)15-5-3-14(18)4-6-15/h3-6H,7-11H2,1-2H3. The van der Waals surface area contributed by atoms with Gasteiger partial charge in [-0.25, -0.2) is 4.39 Å². The first-order chi connectivity index (χ1) is 11.5. The first-order valence-corrected chi connectivity index (χ1v) is 9.01. The fourth-order valence-corrected chi connectivity index (χ4v) is 3.31. The lowest BCUT2D eigenvalue weighted by Crippen LogP contribution is -2.49. The number of nitrogens with zero attached hydrogens (tertiary/aromatic N) is 4. The molecule has 24 heavy (non-hydrogen) atoms. The lowest BCUT2D eigenvalue weighted by atomic mass is 10.2. The van der Waals surface area contributed by atoms with E-state index in [0.717, 1.165) is 33.7 Å². The maximum absolute atomic E-state index is 13.0. The second-order valence-corrected chi connectivity index (χ2v) is 7.07. The summed E-state index contributed by atoms with van der Waals surface area (Å²) in [4.78, 5) is 16.6. The van der Waals surface area contributed by atoms with E-state index in [4.69, 9.17) is 0 Å². The Kier molecular flexibility index (Phi) is 5.07. The van der Waals surface area contributed by atoms with Gasteiger partial charge in [0.1, 0.15) is 12.4 Å². The molecule has 1 aliphatic heterocycles. The minimum absolute atomic E-state index is 0.0933. The Morgan fingerprint density at radius 3 is 2.33 bits per heavy atom. The number of amides is 1. The average Bonchev–Trinajstić information content (AvgIpc) is 2.83. The third-order valence-corrected chi connectivity index (χ3v) is 5.96. The molecule has 1 aromatic heterocycles. The van der Waals surface area contributed by atoms with Crippen LogP contribution in [0, 0.1) is 23.2 Å². The summed E-state index contributed by atoms with van der Waals surface area (Å²) in [5.74, 6) is -0.136. The molecule has 1 aliphatic rings. The number of aryl methyl sites for hydroxylation is 1. The minimum Gasteiger partial charge on any atom is -0.368 e. The predicted octanol–water partition coefficient (Wildman–Crippen LogP) is 2.59. The molecule has 128 valence electrons. The van der Waals surface area contributed by atoms with E-state index >= 15 is 0 Å². The molecule has 0 unspecified atom stereocenters. The zero-order valence-corrected chi connectivity index (χ0v) is 16.0. The summed E-state index contributed by atoms with van der Waals surface area (Å²) in [7, 11) is 0. The van der Waals surface area contributed by atoms with Gasteiger partial charge >= 0.3 is 0 Å². The van der Waals surface area contributed by atoms with Crippen LogP contribution in [-0.4, -0.2) is 46.8 Å². The van der Waals surface area contributed by atoms with Crippen molar-refractivity contribution in [3.8, 4) is 0 Å². The van der Waals surface area contributed by atoms with Gasteiger partial charge in [0, 0.05) is 37.6 Å². The van der Waals surface area contributed by atoms with Crippen LogP contribution in [0.1, 0.15) is 11.4 Å². The lowest BCUT2D eigenvalue weighted by Gasteiger charge is -2.36. The van der Waals surface area contributed by atoms with Crippen LogP contribution >= 0.6 is 22.6 Å². The number of carbonyl (C=O) groups is 1. The molecular weight excluding hydrogens is 422 g/mol. The molecule has 1 amide bonds. The van der Waals surface area contributed by atoms with Gasteiger partial charge in [0.2, 0.25) is 5.91 Å². The van der Waals surface area contributed by atoms with Crippen LogP contribution in [0.4, 0.5) is 10.1 Å². The van der Waals surface area contributed by atoms with Gasteiger partial charge < -0.3 is 9.80 Å². The van der Waals surface area contributed by atoms with Crippen molar-refractivity contribution in [2.24, 2.45) is 0 Å². The van der Waals surface area contributed by atoms with Gasteiger partial charge in [0.05, 0.1) is 9.26 Å². The summed E-state index contributed by atoms with van der Waals surface area (Å²) in [6.07, 6.45) is 0. The van der Waals surface area contributed by atoms with Crippen LogP contribution in [0.2, 0.25) is 0 Å². The van der Waals surface area contributed by atoms with Crippen LogP contribution in [0.3, 0.4) is 0 Å². The van der Waals surface area contributed by atoms with Crippen LogP contribution in [0.15, 0.2) is 24.3 Å². The number of aromatic nitrogens is 2. The van der Waals surface area contributed by atoms with E-state index in [1.54, 1.807) is 16.8 Å². The van der Waals surface area contributed by atoms with Crippen molar-refractivity contribution in [1.82, 2.24) is 14.7 Å². The van der Waals surface area contributed by atoms with E-state index in [1.807, 2.05) is 18.7 Å². The third kappa shape index (κ3) is 3.55. The number of halogens is 2. The molecule has 5 nitrogen and oxygen atoms in total. The van der Waals surface area contributed by atoms with Crippen molar-refractivity contribution < 1.29 is 9.18 Å². The maximum Gasteiger partial charge on any atom is 0.244 e. The molecule has 1 fully saturated rings. The van der Waals surface area contributed by atoms with Crippen molar-refractivity contribution in [3.05, 3.63) is 45.0 Å². The molecular formula is C17H20FIN4O. The van der Waals surface area contributed by atoms with E-state index in [-0.39, 0.29) is 18.3 Å². The number of rotatable bonds is 3. The van der Waals surface area contributed by atoms with Gasteiger partial charge in [0.15, 0.2) is 0 Å². The average molecular weight is 442 g/mol. The smallest absolute Gasteiger partial charge is 0.244 e. The quantitative estimate of drug-likeness (QED) is 0.687. The Labute approximate surface area is 154 Å². The highest BCUT2D eigenvalue weighted by atomic mass is 127. The lowest BCUT2D eigenvalue weighted by molar-refractivity contribution is -0.132. The molecule has 3 rings (SSSR count). The van der Waals surface area contributed by atoms with Crippen LogP contribution in [0.5, 0.6) is 0 Å². The number of hydrogen-bond acceptors (Lipinski definition) is 3. The molecule has 1 saturated heterocycles. The van der Waals surface area contributed by atoms with Gasteiger partial charge in [0.25, 0.3) is 0 Å². The van der Waals surface area contributed by atoms with Crippen LogP contribution in [0.25, 0.3) is 0 Å². The van der Waals surface area contributed by atoms with Gasteiger partial charge in [-0.3, -0.25) is 9.48 Å². The monoisotopic (exact) mass is 442 g/mol. The third-order valence-electron chi connectivity index (χ3n) is 4.40. The molecule has 0 spiro atoms. The molecule has 2 aromatic rings. The normalized spacial score (nSPS) is 15.0. The second-order valence-electron chi connectivity index (χ2n) is 5.99. The van der Waals surface area contributed by atoms with E-state index < -0.39 is 0 Å². The summed E-state index contributed by atoms with van der Waals surface area (Å²) in [5, 5.41) is 4.43. The number of carbonyl (C=O) groups excluding carboxylic acids is 1. The van der Waals surface area contributed by atoms with E-state index in [2.05, 4.69) is 32.6 Å². The SMILES string of the molecule is Cc1nn(CC(=O)N2CCN(c3ccc(F)cc3)CC2)c(C)c1I. The van der Waals surface area contributed by atoms with E-state index in [0.29, 0.717) is 13.1 Å². The Morgan fingerprint density at radius 2 is 1.79 bits per heavy atom. The molecule has 0 saturated carbocycles. The summed E-state index contributed by atoms with van der Waals surface area (Å²) in [6, 6.07) is 6.50. The van der Waals surface area contributed by atoms with E-state index in [1.165, 1.54) is 12.1 Å². The highest BCUT2D eigenvalue weighted by molar-refractivity contribution is 14.1. The van der Waals surface area contributed by atoms with Gasteiger partial charge in [-0.05, 0) is 60.7 Å². The Bertz CT molecular complexity index is 736.